The second-order valence-corrected chi connectivity index (χ2v) is 13.2. The fourth-order valence-corrected chi connectivity index (χ4v) is 8.76. The van der Waals surface area contributed by atoms with Crippen LogP contribution in [0.2, 0.25) is 0 Å². The van der Waals surface area contributed by atoms with E-state index < -0.39 is 63.4 Å². The zero-order valence-electron chi connectivity index (χ0n) is 19.8. The van der Waals surface area contributed by atoms with E-state index in [0.29, 0.717) is 0 Å². The highest BCUT2D eigenvalue weighted by Gasteiger charge is 2.61. The molecule has 3 rings (SSSR count). The molecule has 1 unspecified atom stereocenters. The maximum absolute atomic E-state index is 13.4. The Balaban J connectivity index is 1.75. The van der Waals surface area contributed by atoms with Crippen LogP contribution in [0.25, 0.3) is 0 Å². The molecule has 0 amide bonds. The van der Waals surface area contributed by atoms with Gasteiger partial charge in [0.25, 0.3) is 0 Å². The normalized spacial score (nSPS) is 35.3. The van der Waals surface area contributed by atoms with Crippen LogP contribution in [0.3, 0.4) is 0 Å². The Morgan fingerprint density at radius 3 is 1.72 bits per heavy atom. The van der Waals surface area contributed by atoms with Gasteiger partial charge < -0.3 is 41.8 Å². The van der Waals surface area contributed by atoms with Gasteiger partial charge in [0, 0.05) is 0 Å². The summed E-state index contributed by atoms with van der Waals surface area (Å²) in [5, 5.41) is 0. The molecular weight excluding hydrogens is 466 g/mol. The Morgan fingerprint density at radius 2 is 1.16 bits per heavy atom. The van der Waals surface area contributed by atoms with Crippen molar-refractivity contribution in [3.8, 4) is 0 Å². The first-order valence-corrected chi connectivity index (χ1v) is 14.4. The molecule has 32 heavy (non-hydrogen) atoms. The summed E-state index contributed by atoms with van der Waals surface area (Å²) in [5.74, 6) is -2.23. The lowest BCUT2D eigenvalue weighted by atomic mass is 9.99. The van der Waals surface area contributed by atoms with Gasteiger partial charge in [-0.05, 0) is 48.5 Å². The highest BCUT2D eigenvalue weighted by Crippen LogP contribution is 2.64. The Hall–Kier alpha value is 0.100. The Morgan fingerprint density at radius 1 is 0.688 bits per heavy atom. The molecule has 0 N–H and O–H groups in total. The van der Waals surface area contributed by atoms with Crippen molar-refractivity contribution in [1.29, 1.82) is 0 Å². The Labute approximate surface area is 189 Å². The van der Waals surface area contributed by atoms with Gasteiger partial charge in [-0.2, -0.15) is 0 Å². The van der Waals surface area contributed by atoms with Crippen molar-refractivity contribution in [1.82, 2.24) is 0 Å². The fraction of sp³-hybridized carbons (Fsp3) is 1.00. The predicted molar refractivity (Wildman–Crippen MR) is 113 cm³/mol. The molecule has 0 aliphatic carbocycles. The molecule has 0 aromatic carbocycles. The van der Waals surface area contributed by atoms with Crippen molar-refractivity contribution in [2.75, 3.05) is 32.3 Å². The molecule has 3 fully saturated rings. The van der Waals surface area contributed by atoms with E-state index in [0.717, 1.165) is 0 Å². The van der Waals surface area contributed by atoms with Crippen molar-refractivity contribution in [3.05, 3.63) is 0 Å². The second kappa shape index (κ2) is 9.99. The average molecular weight is 502 g/mol. The standard InChI is InChI=1S/C19H36O11P2/c1-8-22-31(20,23-9-2)12-32(21,24-10-3)25-11-13-14-15(28-18(4,5)27-14)16-17(26-13)30-19(6,7)29-16/h13-17H,8-12H2,1-7H3/t13-,14+,15+,16-,17-,32?/m1/s1. The van der Waals surface area contributed by atoms with E-state index >= 15 is 0 Å². The Bertz CT molecular complexity index is 733. The van der Waals surface area contributed by atoms with Gasteiger partial charge in [-0.3, -0.25) is 9.13 Å². The molecule has 0 aromatic rings. The van der Waals surface area contributed by atoms with Crippen molar-refractivity contribution in [3.63, 3.8) is 0 Å². The lowest BCUT2D eigenvalue weighted by Crippen LogP contribution is -2.56. The molecule has 188 valence electrons. The molecule has 0 bridgehead atoms. The topological polar surface area (TPSA) is 117 Å². The van der Waals surface area contributed by atoms with Crippen molar-refractivity contribution < 1.29 is 50.9 Å². The van der Waals surface area contributed by atoms with Crippen LogP contribution in [-0.4, -0.2) is 74.6 Å². The zero-order valence-corrected chi connectivity index (χ0v) is 21.6. The van der Waals surface area contributed by atoms with E-state index in [-0.39, 0.29) is 26.4 Å². The molecule has 3 aliphatic heterocycles. The maximum Gasteiger partial charge on any atom is 0.342 e. The van der Waals surface area contributed by atoms with Gasteiger partial charge >= 0.3 is 15.2 Å². The molecule has 3 saturated heterocycles. The third-order valence-electron chi connectivity index (χ3n) is 5.01. The summed E-state index contributed by atoms with van der Waals surface area (Å²) in [6.07, 6.45) is -2.90. The van der Waals surface area contributed by atoms with E-state index in [1.165, 1.54) is 0 Å². The molecule has 6 atom stereocenters. The van der Waals surface area contributed by atoms with Gasteiger partial charge in [0.2, 0.25) is 0 Å². The van der Waals surface area contributed by atoms with Crippen LogP contribution >= 0.6 is 15.2 Å². The summed E-state index contributed by atoms with van der Waals surface area (Å²) >= 11 is 0. The van der Waals surface area contributed by atoms with Gasteiger partial charge in [0.1, 0.15) is 24.4 Å². The molecule has 3 heterocycles. The zero-order chi connectivity index (χ0) is 23.8. The molecular formula is C19H36O11P2. The molecule has 0 spiro atoms. The van der Waals surface area contributed by atoms with E-state index in [2.05, 4.69) is 0 Å². The minimum absolute atomic E-state index is 0.0928. The molecule has 3 aliphatic rings. The van der Waals surface area contributed by atoms with E-state index in [4.69, 9.17) is 41.8 Å². The van der Waals surface area contributed by atoms with Crippen LogP contribution in [0, 0.1) is 0 Å². The molecule has 0 aromatic heterocycles. The lowest BCUT2D eigenvalue weighted by Gasteiger charge is -2.37. The Kier molecular flexibility index (Phi) is 8.34. The van der Waals surface area contributed by atoms with Gasteiger partial charge in [0.05, 0.1) is 26.4 Å². The number of ether oxygens (including phenoxy) is 5. The first-order chi connectivity index (χ1) is 14.8. The highest BCUT2D eigenvalue weighted by molar-refractivity contribution is 7.71. The predicted octanol–water partition coefficient (Wildman–Crippen LogP) is 3.85. The smallest absolute Gasteiger partial charge is 0.342 e. The van der Waals surface area contributed by atoms with Crippen LogP contribution in [-0.2, 0) is 50.9 Å². The number of hydrogen-bond donors (Lipinski definition) is 0. The first kappa shape index (κ1) is 26.7. The summed E-state index contributed by atoms with van der Waals surface area (Å²) < 4.78 is 78.0. The number of fused-ring (bicyclic) bond motifs is 3. The monoisotopic (exact) mass is 502 g/mol. The summed E-state index contributed by atoms with van der Waals surface area (Å²) in [6.45, 7) is 12.4. The number of hydrogen-bond acceptors (Lipinski definition) is 11. The van der Waals surface area contributed by atoms with Gasteiger partial charge in [0.15, 0.2) is 23.8 Å². The third-order valence-corrected chi connectivity index (χ3v) is 10.3. The molecule has 0 saturated carbocycles. The summed E-state index contributed by atoms with van der Waals surface area (Å²) in [4.78, 5) is 0. The summed E-state index contributed by atoms with van der Waals surface area (Å²) in [7, 11) is -7.52. The van der Waals surface area contributed by atoms with Gasteiger partial charge in [-0.25, -0.2) is 0 Å². The van der Waals surface area contributed by atoms with Gasteiger partial charge in [-0.1, -0.05) is 0 Å². The van der Waals surface area contributed by atoms with Crippen LogP contribution < -0.4 is 0 Å². The minimum Gasteiger partial charge on any atom is -0.342 e. The van der Waals surface area contributed by atoms with Crippen molar-refractivity contribution >= 4 is 15.2 Å². The van der Waals surface area contributed by atoms with E-state index in [1.807, 2.05) is 0 Å². The summed E-state index contributed by atoms with van der Waals surface area (Å²) in [6, 6.07) is 0. The third kappa shape index (κ3) is 6.20. The number of rotatable bonds is 11. The molecule has 11 nitrogen and oxygen atoms in total. The first-order valence-electron chi connectivity index (χ1n) is 11.0. The average Bonchev–Trinajstić information content (AvgIpc) is 3.14. The highest BCUT2D eigenvalue weighted by atomic mass is 31.2. The van der Waals surface area contributed by atoms with Crippen LogP contribution in [0.4, 0.5) is 0 Å². The maximum atomic E-state index is 13.4. The summed E-state index contributed by atoms with van der Waals surface area (Å²) in [5.41, 5.74) is 0. The molecule has 0 radical (unpaired) electrons. The lowest BCUT2D eigenvalue weighted by molar-refractivity contribution is -0.238. The van der Waals surface area contributed by atoms with Crippen LogP contribution in [0.15, 0.2) is 0 Å². The van der Waals surface area contributed by atoms with Crippen LogP contribution in [0.1, 0.15) is 48.5 Å². The van der Waals surface area contributed by atoms with E-state index in [1.54, 1.807) is 48.5 Å². The molecule has 13 heteroatoms. The quantitative estimate of drug-likeness (QED) is 0.384. The minimum atomic E-state index is -3.85. The largest absolute Gasteiger partial charge is 0.342 e. The van der Waals surface area contributed by atoms with Crippen molar-refractivity contribution in [2.45, 2.75) is 90.7 Å². The van der Waals surface area contributed by atoms with Crippen molar-refractivity contribution in [2.24, 2.45) is 0 Å². The van der Waals surface area contributed by atoms with Crippen LogP contribution in [0.5, 0.6) is 0 Å². The van der Waals surface area contributed by atoms with E-state index in [9.17, 15) is 9.13 Å². The second-order valence-electron chi connectivity index (χ2n) is 8.62. The SMILES string of the molecule is CCOP(=O)(CP(=O)(OCC)OC[C@H]1O[C@@H]2OC(C)(C)O[C@@H]2[C@H]2OC(C)(C)O[C@H]21)OCC. The fourth-order valence-electron chi connectivity index (χ4n) is 4.05. The van der Waals surface area contributed by atoms with Gasteiger partial charge in [-0.15, -0.1) is 0 Å².